The van der Waals surface area contributed by atoms with E-state index in [0.29, 0.717) is 18.7 Å². The van der Waals surface area contributed by atoms with Gasteiger partial charge in [0, 0.05) is 32.5 Å². The quantitative estimate of drug-likeness (QED) is 0.746. The van der Waals surface area contributed by atoms with Crippen LogP contribution in [0.4, 0.5) is 0 Å². The number of carbonyl (C=O) groups excluding carboxylic acids is 2. The summed E-state index contributed by atoms with van der Waals surface area (Å²) in [4.78, 5) is 25.8. The maximum atomic E-state index is 11.0. The fourth-order valence-corrected chi connectivity index (χ4v) is 1.18. The molecule has 1 aromatic heterocycles. The lowest BCUT2D eigenvalue weighted by Crippen LogP contribution is -2.22. The lowest BCUT2D eigenvalue weighted by molar-refractivity contribution is -0.118. The van der Waals surface area contributed by atoms with Crippen LogP contribution in [0.25, 0.3) is 0 Å². The van der Waals surface area contributed by atoms with Gasteiger partial charge in [-0.15, -0.1) is 0 Å². The second-order valence-corrected chi connectivity index (χ2v) is 3.30. The Morgan fingerprint density at radius 1 is 1.33 bits per heavy atom. The Kier molecular flexibility index (Phi) is 3.97. The highest BCUT2D eigenvalue weighted by molar-refractivity contribution is 5.92. The smallest absolute Gasteiger partial charge is 0.216 e. The molecule has 1 rings (SSSR count). The standard InChI is InChI=1S/C11H14N2O2/c1-8(14)11-5-3-4-10(13-11)6-7-12-9(2)15/h3-5H,6-7H2,1-2H3,(H,12,15). The molecule has 80 valence electrons. The number of ketones is 1. The van der Waals surface area contributed by atoms with E-state index in [2.05, 4.69) is 10.3 Å². The van der Waals surface area contributed by atoms with Crippen LogP contribution in [0.1, 0.15) is 30.0 Å². The summed E-state index contributed by atoms with van der Waals surface area (Å²) >= 11 is 0. The van der Waals surface area contributed by atoms with Gasteiger partial charge in [-0.05, 0) is 12.1 Å². The highest BCUT2D eigenvalue weighted by atomic mass is 16.1. The van der Waals surface area contributed by atoms with Gasteiger partial charge in [-0.1, -0.05) is 6.07 Å². The molecule has 0 aliphatic rings. The summed E-state index contributed by atoms with van der Waals surface area (Å²) in [6, 6.07) is 5.32. The number of pyridine rings is 1. The number of aromatic nitrogens is 1. The summed E-state index contributed by atoms with van der Waals surface area (Å²) < 4.78 is 0. The molecule has 0 aromatic carbocycles. The topological polar surface area (TPSA) is 59.1 Å². The van der Waals surface area contributed by atoms with Gasteiger partial charge in [0.05, 0.1) is 0 Å². The van der Waals surface area contributed by atoms with E-state index in [9.17, 15) is 9.59 Å². The van der Waals surface area contributed by atoms with Crippen LogP contribution in [-0.2, 0) is 11.2 Å². The maximum absolute atomic E-state index is 11.0. The molecule has 0 bridgehead atoms. The van der Waals surface area contributed by atoms with Crippen molar-refractivity contribution in [2.45, 2.75) is 20.3 Å². The number of rotatable bonds is 4. The minimum Gasteiger partial charge on any atom is -0.356 e. The normalized spacial score (nSPS) is 9.73. The molecular weight excluding hydrogens is 192 g/mol. The molecule has 1 aromatic rings. The molecule has 0 radical (unpaired) electrons. The van der Waals surface area contributed by atoms with E-state index in [1.54, 1.807) is 12.1 Å². The van der Waals surface area contributed by atoms with Crippen molar-refractivity contribution < 1.29 is 9.59 Å². The van der Waals surface area contributed by atoms with Gasteiger partial charge in [0.1, 0.15) is 5.69 Å². The van der Waals surface area contributed by atoms with Crippen molar-refractivity contribution in [2.24, 2.45) is 0 Å². The number of Topliss-reactive ketones (excluding diaryl/α,β-unsaturated/α-hetero) is 1. The Morgan fingerprint density at radius 2 is 2.07 bits per heavy atom. The number of amides is 1. The molecule has 1 heterocycles. The summed E-state index contributed by atoms with van der Waals surface area (Å²) in [5.41, 5.74) is 1.28. The molecule has 0 saturated heterocycles. The van der Waals surface area contributed by atoms with Gasteiger partial charge < -0.3 is 5.32 Å². The summed E-state index contributed by atoms with van der Waals surface area (Å²) in [5.74, 6) is -0.103. The number of nitrogens with zero attached hydrogens (tertiary/aromatic N) is 1. The van der Waals surface area contributed by atoms with E-state index in [0.717, 1.165) is 5.69 Å². The Hall–Kier alpha value is -1.71. The van der Waals surface area contributed by atoms with E-state index in [-0.39, 0.29) is 11.7 Å². The van der Waals surface area contributed by atoms with Crippen LogP contribution in [0.3, 0.4) is 0 Å². The molecule has 4 heteroatoms. The average Bonchev–Trinajstić information content (AvgIpc) is 2.17. The second-order valence-electron chi connectivity index (χ2n) is 3.30. The number of hydrogen-bond donors (Lipinski definition) is 1. The van der Waals surface area contributed by atoms with Gasteiger partial charge in [0.25, 0.3) is 0 Å². The average molecular weight is 206 g/mol. The zero-order valence-corrected chi connectivity index (χ0v) is 8.91. The molecule has 15 heavy (non-hydrogen) atoms. The van der Waals surface area contributed by atoms with Crippen LogP contribution in [0.5, 0.6) is 0 Å². The van der Waals surface area contributed by atoms with Crippen LogP contribution in [-0.4, -0.2) is 23.2 Å². The SMILES string of the molecule is CC(=O)NCCc1cccc(C(C)=O)n1. The van der Waals surface area contributed by atoms with Gasteiger partial charge in [-0.3, -0.25) is 9.59 Å². The molecule has 0 atom stereocenters. The first-order chi connectivity index (χ1) is 7.09. The lowest BCUT2D eigenvalue weighted by atomic mass is 10.2. The highest BCUT2D eigenvalue weighted by Crippen LogP contribution is 2.00. The third-order valence-electron chi connectivity index (χ3n) is 1.92. The first-order valence-corrected chi connectivity index (χ1v) is 4.81. The zero-order valence-electron chi connectivity index (χ0n) is 8.91. The first-order valence-electron chi connectivity index (χ1n) is 4.81. The van der Waals surface area contributed by atoms with Crippen LogP contribution in [0.15, 0.2) is 18.2 Å². The summed E-state index contributed by atoms with van der Waals surface area (Å²) in [6.45, 7) is 3.50. The van der Waals surface area contributed by atoms with Crippen LogP contribution in [0.2, 0.25) is 0 Å². The molecule has 0 spiro atoms. The highest BCUT2D eigenvalue weighted by Gasteiger charge is 2.02. The zero-order chi connectivity index (χ0) is 11.3. The maximum Gasteiger partial charge on any atom is 0.216 e. The molecule has 0 aliphatic heterocycles. The Morgan fingerprint density at radius 3 is 2.67 bits per heavy atom. The third kappa shape index (κ3) is 3.89. The molecule has 1 amide bonds. The van der Waals surface area contributed by atoms with E-state index in [1.807, 2.05) is 6.07 Å². The molecular formula is C11H14N2O2. The summed E-state index contributed by atoms with van der Waals surface area (Å²) in [5, 5.41) is 2.68. The van der Waals surface area contributed by atoms with Crippen molar-refractivity contribution in [3.05, 3.63) is 29.6 Å². The molecule has 0 aliphatic carbocycles. The molecule has 0 unspecified atom stereocenters. The fraction of sp³-hybridized carbons (Fsp3) is 0.364. The van der Waals surface area contributed by atoms with Crippen LogP contribution >= 0.6 is 0 Å². The first kappa shape index (κ1) is 11.4. The van der Waals surface area contributed by atoms with Crippen molar-refractivity contribution in [2.75, 3.05) is 6.54 Å². The van der Waals surface area contributed by atoms with Gasteiger partial charge in [0.2, 0.25) is 5.91 Å². The number of hydrogen-bond acceptors (Lipinski definition) is 3. The number of carbonyl (C=O) groups is 2. The molecule has 0 saturated carbocycles. The summed E-state index contributed by atoms with van der Waals surface area (Å²) in [6.07, 6.45) is 0.640. The van der Waals surface area contributed by atoms with Gasteiger partial charge in [-0.2, -0.15) is 0 Å². The monoisotopic (exact) mass is 206 g/mol. The second kappa shape index (κ2) is 5.24. The summed E-state index contributed by atoms with van der Waals surface area (Å²) in [7, 11) is 0. The van der Waals surface area contributed by atoms with Crippen molar-refractivity contribution >= 4 is 11.7 Å². The predicted octanol–water partition coefficient (Wildman–Crippen LogP) is 0.963. The minimum atomic E-state index is -0.0577. The Labute approximate surface area is 88.7 Å². The lowest BCUT2D eigenvalue weighted by Gasteiger charge is -2.03. The van der Waals surface area contributed by atoms with Crippen molar-refractivity contribution in [1.29, 1.82) is 0 Å². The van der Waals surface area contributed by atoms with Crippen LogP contribution < -0.4 is 5.32 Å². The van der Waals surface area contributed by atoms with Crippen LogP contribution in [0, 0.1) is 0 Å². The van der Waals surface area contributed by atoms with Crippen molar-refractivity contribution in [1.82, 2.24) is 10.3 Å². The molecule has 1 N–H and O–H groups in total. The van der Waals surface area contributed by atoms with E-state index in [1.165, 1.54) is 13.8 Å². The Balaban J connectivity index is 2.58. The molecule has 0 fully saturated rings. The van der Waals surface area contributed by atoms with Gasteiger partial charge in [-0.25, -0.2) is 4.98 Å². The van der Waals surface area contributed by atoms with Gasteiger partial charge in [0.15, 0.2) is 5.78 Å². The predicted molar refractivity (Wildman–Crippen MR) is 56.6 cm³/mol. The molecule has 4 nitrogen and oxygen atoms in total. The van der Waals surface area contributed by atoms with E-state index >= 15 is 0 Å². The van der Waals surface area contributed by atoms with Crippen molar-refractivity contribution in [3.8, 4) is 0 Å². The van der Waals surface area contributed by atoms with Gasteiger partial charge >= 0.3 is 0 Å². The Bertz CT molecular complexity index is 375. The largest absolute Gasteiger partial charge is 0.356 e. The minimum absolute atomic E-state index is 0.0450. The van der Waals surface area contributed by atoms with E-state index < -0.39 is 0 Å². The number of nitrogens with one attached hydrogen (secondary N) is 1. The fourth-order valence-electron chi connectivity index (χ4n) is 1.18. The third-order valence-corrected chi connectivity index (χ3v) is 1.92. The van der Waals surface area contributed by atoms with Crippen molar-refractivity contribution in [3.63, 3.8) is 0 Å². The van der Waals surface area contributed by atoms with E-state index in [4.69, 9.17) is 0 Å².